The molecule has 6 nitrogen and oxygen atoms in total. The Kier molecular flexibility index (Phi) is 7.33. The molecule has 7 heteroatoms. The van der Waals surface area contributed by atoms with Gasteiger partial charge in [0.1, 0.15) is 0 Å². The van der Waals surface area contributed by atoms with E-state index >= 15 is 0 Å². The highest BCUT2D eigenvalue weighted by Crippen LogP contribution is 2.00. The van der Waals surface area contributed by atoms with Gasteiger partial charge in [-0.3, -0.25) is 4.79 Å². The van der Waals surface area contributed by atoms with E-state index in [1.165, 1.54) is 0 Å². The summed E-state index contributed by atoms with van der Waals surface area (Å²) in [5.74, 6) is -0.289. The van der Waals surface area contributed by atoms with Gasteiger partial charge in [-0.25, -0.2) is 8.42 Å². The molecule has 0 aliphatic carbocycles. The van der Waals surface area contributed by atoms with Crippen molar-refractivity contribution in [3.05, 3.63) is 0 Å². The molecular weight excluding hydrogens is 244 g/mol. The van der Waals surface area contributed by atoms with Crippen molar-refractivity contribution in [2.45, 2.75) is 26.3 Å². The third-order valence-corrected chi connectivity index (χ3v) is 3.24. The predicted molar refractivity (Wildman–Crippen MR) is 66.2 cm³/mol. The lowest BCUT2D eigenvalue weighted by atomic mass is 10.4. The first-order valence-corrected chi connectivity index (χ1v) is 7.35. The maximum absolute atomic E-state index is 11.5. The Hall–Kier alpha value is -0.660. The number of hydrogen-bond donors (Lipinski definition) is 1. The number of ether oxygens (including phenoxy) is 1. The third kappa shape index (κ3) is 8.12. The quantitative estimate of drug-likeness (QED) is 0.618. The van der Waals surface area contributed by atoms with Crippen molar-refractivity contribution in [2.75, 3.05) is 33.1 Å². The molecule has 102 valence electrons. The average Bonchev–Trinajstić information content (AvgIpc) is 2.13. The van der Waals surface area contributed by atoms with Crippen LogP contribution in [0, 0.1) is 0 Å². The van der Waals surface area contributed by atoms with Crippen LogP contribution in [0.1, 0.15) is 20.3 Å². The first-order chi connectivity index (χ1) is 7.77. The van der Waals surface area contributed by atoms with Gasteiger partial charge in [0.25, 0.3) is 0 Å². The Bertz CT molecular complexity index is 327. The molecule has 1 N–H and O–H groups in total. The van der Waals surface area contributed by atoms with Crippen molar-refractivity contribution in [3.63, 3.8) is 0 Å². The van der Waals surface area contributed by atoms with E-state index < -0.39 is 10.0 Å². The summed E-state index contributed by atoms with van der Waals surface area (Å²) in [4.78, 5) is 11.5. The van der Waals surface area contributed by atoms with Gasteiger partial charge in [0.15, 0.2) is 0 Å². The van der Waals surface area contributed by atoms with E-state index in [1.807, 2.05) is 13.8 Å². The van der Waals surface area contributed by atoms with Gasteiger partial charge in [-0.2, -0.15) is 4.31 Å². The molecule has 0 aromatic heterocycles. The van der Waals surface area contributed by atoms with Gasteiger partial charge in [0, 0.05) is 26.3 Å². The largest absolute Gasteiger partial charge is 0.385 e. The molecule has 17 heavy (non-hydrogen) atoms. The Morgan fingerprint density at radius 3 is 2.41 bits per heavy atom. The minimum Gasteiger partial charge on any atom is -0.385 e. The van der Waals surface area contributed by atoms with E-state index in [0.717, 1.165) is 10.6 Å². The van der Waals surface area contributed by atoms with Crippen LogP contribution in [0.2, 0.25) is 0 Å². The first kappa shape index (κ1) is 16.3. The molecule has 0 radical (unpaired) electrons. The summed E-state index contributed by atoms with van der Waals surface area (Å²) in [6.45, 7) is 4.28. The number of carbonyl (C=O) groups is 1. The van der Waals surface area contributed by atoms with Crippen LogP contribution < -0.4 is 5.32 Å². The zero-order valence-electron chi connectivity index (χ0n) is 10.9. The summed E-state index contributed by atoms with van der Waals surface area (Å²) < 4.78 is 28.9. The lowest BCUT2D eigenvalue weighted by molar-refractivity contribution is -0.121. The third-order valence-electron chi connectivity index (χ3n) is 1.99. The molecule has 0 bridgehead atoms. The van der Waals surface area contributed by atoms with Crippen LogP contribution in [0.4, 0.5) is 0 Å². The Labute approximate surface area is 103 Å². The number of hydrogen-bond acceptors (Lipinski definition) is 4. The van der Waals surface area contributed by atoms with E-state index in [4.69, 9.17) is 4.74 Å². The van der Waals surface area contributed by atoms with Gasteiger partial charge in [-0.05, 0) is 20.3 Å². The van der Waals surface area contributed by atoms with Gasteiger partial charge in [-0.15, -0.1) is 0 Å². The molecular formula is C10H22N2O4S. The molecule has 0 aliphatic rings. The zero-order chi connectivity index (χ0) is 13.5. The van der Waals surface area contributed by atoms with E-state index in [-0.39, 0.29) is 25.0 Å². The molecule has 0 fully saturated rings. The fraction of sp³-hybridized carbons (Fsp3) is 0.900. The van der Waals surface area contributed by atoms with E-state index in [1.54, 1.807) is 7.11 Å². The van der Waals surface area contributed by atoms with Crippen LogP contribution in [-0.4, -0.2) is 57.7 Å². The lowest BCUT2D eigenvalue weighted by Crippen LogP contribution is -2.42. The molecule has 0 atom stereocenters. The van der Waals surface area contributed by atoms with Crippen LogP contribution in [0.15, 0.2) is 0 Å². The van der Waals surface area contributed by atoms with Crippen LogP contribution >= 0.6 is 0 Å². The summed E-state index contributed by atoms with van der Waals surface area (Å²) >= 11 is 0. The van der Waals surface area contributed by atoms with Gasteiger partial charge >= 0.3 is 0 Å². The lowest BCUT2D eigenvalue weighted by Gasteiger charge is -2.20. The van der Waals surface area contributed by atoms with Crippen LogP contribution in [0.25, 0.3) is 0 Å². The summed E-state index contributed by atoms with van der Waals surface area (Å²) in [7, 11) is -1.81. The molecule has 1 amide bonds. The van der Waals surface area contributed by atoms with Crippen molar-refractivity contribution < 1.29 is 17.9 Å². The second-order valence-corrected chi connectivity index (χ2v) is 6.15. The Morgan fingerprint density at radius 2 is 2.00 bits per heavy atom. The topological polar surface area (TPSA) is 75.7 Å². The van der Waals surface area contributed by atoms with E-state index in [0.29, 0.717) is 13.0 Å². The maximum atomic E-state index is 11.5. The summed E-state index contributed by atoms with van der Waals surface area (Å²) in [5.41, 5.74) is 0. The van der Waals surface area contributed by atoms with Crippen molar-refractivity contribution in [1.29, 1.82) is 0 Å². The van der Waals surface area contributed by atoms with Gasteiger partial charge < -0.3 is 10.1 Å². The molecule has 0 unspecified atom stereocenters. The van der Waals surface area contributed by atoms with Crippen LogP contribution in [0.5, 0.6) is 0 Å². The smallest absolute Gasteiger partial charge is 0.235 e. The number of sulfonamides is 1. The standard InChI is InChI=1S/C10H22N2O4S/c1-9(2)11-10(13)8-12(17(4,14)15)6-5-7-16-3/h9H,5-8H2,1-4H3,(H,11,13). The molecule has 0 heterocycles. The van der Waals surface area contributed by atoms with Gasteiger partial charge in [0.2, 0.25) is 15.9 Å². The van der Waals surface area contributed by atoms with Crippen molar-refractivity contribution >= 4 is 15.9 Å². The number of nitrogens with one attached hydrogen (secondary N) is 1. The minimum absolute atomic E-state index is 0.00267. The molecule has 0 aromatic rings. The van der Waals surface area contributed by atoms with Crippen molar-refractivity contribution in [1.82, 2.24) is 9.62 Å². The molecule has 0 saturated carbocycles. The maximum Gasteiger partial charge on any atom is 0.235 e. The number of methoxy groups -OCH3 is 1. The molecule has 0 aromatic carbocycles. The molecule has 0 saturated heterocycles. The normalized spacial score (nSPS) is 12.1. The van der Waals surface area contributed by atoms with Crippen LogP contribution in [0.3, 0.4) is 0 Å². The van der Waals surface area contributed by atoms with Gasteiger partial charge in [-0.1, -0.05) is 0 Å². The molecule has 0 aliphatic heterocycles. The SMILES string of the molecule is COCCCN(CC(=O)NC(C)C)S(C)(=O)=O. The first-order valence-electron chi connectivity index (χ1n) is 5.50. The monoisotopic (exact) mass is 266 g/mol. The predicted octanol–water partition coefficient (Wildman–Crippen LogP) is -0.191. The minimum atomic E-state index is -3.36. The number of carbonyl (C=O) groups excluding carboxylic acids is 1. The van der Waals surface area contributed by atoms with E-state index in [9.17, 15) is 13.2 Å². The highest BCUT2D eigenvalue weighted by atomic mass is 32.2. The summed E-state index contributed by atoms with van der Waals surface area (Å²) in [6, 6.07) is 0.00267. The summed E-state index contributed by atoms with van der Waals surface area (Å²) in [5, 5.41) is 2.66. The van der Waals surface area contributed by atoms with Gasteiger partial charge in [0.05, 0.1) is 12.8 Å². The number of amides is 1. The number of nitrogens with zero attached hydrogens (tertiary/aromatic N) is 1. The van der Waals surface area contributed by atoms with Crippen molar-refractivity contribution in [2.24, 2.45) is 0 Å². The summed E-state index contributed by atoms with van der Waals surface area (Å²) in [6.07, 6.45) is 1.67. The highest BCUT2D eigenvalue weighted by Gasteiger charge is 2.19. The zero-order valence-corrected chi connectivity index (χ0v) is 11.7. The second kappa shape index (κ2) is 7.62. The Morgan fingerprint density at radius 1 is 1.41 bits per heavy atom. The fourth-order valence-electron chi connectivity index (χ4n) is 1.28. The van der Waals surface area contributed by atoms with Crippen LogP contribution in [-0.2, 0) is 19.6 Å². The Balaban J connectivity index is 4.35. The van der Waals surface area contributed by atoms with E-state index in [2.05, 4.69) is 5.32 Å². The number of rotatable bonds is 8. The highest BCUT2D eigenvalue weighted by molar-refractivity contribution is 7.88. The molecule has 0 rings (SSSR count). The fourth-order valence-corrected chi connectivity index (χ4v) is 2.09. The second-order valence-electron chi connectivity index (χ2n) is 4.17. The van der Waals surface area contributed by atoms with Crippen molar-refractivity contribution in [3.8, 4) is 0 Å². The average molecular weight is 266 g/mol. The molecule has 0 spiro atoms.